The molecule has 0 spiro atoms. The van der Waals surface area contributed by atoms with Crippen LogP contribution < -0.4 is 5.63 Å². The molecule has 0 radical (unpaired) electrons. The molecule has 0 saturated heterocycles. The quantitative estimate of drug-likeness (QED) is 0.358. The summed E-state index contributed by atoms with van der Waals surface area (Å²) >= 11 is 0. The number of benzene rings is 2. The van der Waals surface area contributed by atoms with E-state index in [9.17, 15) is 9.59 Å². The van der Waals surface area contributed by atoms with E-state index >= 15 is 0 Å². The van der Waals surface area contributed by atoms with Gasteiger partial charge in [0.05, 0.1) is 5.39 Å². The van der Waals surface area contributed by atoms with Gasteiger partial charge in [-0.05, 0) is 43.0 Å². The van der Waals surface area contributed by atoms with Crippen molar-refractivity contribution >= 4 is 27.7 Å². The monoisotopic (exact) mass is 358 g/mol. The van der Waals surface area contributed by atoms with Crippen LogP contribution in [0.4, 0.5) is 0 Å². The number of ketones is 1. The van der Waals surface area contributed by atoms with Crippen molar-refractivity contribution in [3.8, 4) is 11.1 Å². The molecule has 0 bridgehead atoms. The Morgan fingerprint density at radius 1 is 1.04 bits per heavy atom. The maximum atomic E-state index is 13.1. The van der Waals surface area contributed by atoms with Crippen LogP contribution in [0.1, 0.15) is 35.4 Å². The molecule has 0 atom stereocenters. The minimum Gasteiger partial charge on any atom is -0.452 e. The fourth-order valence-corrected chi connectivity index (χ4v) is 3.87. The van der Waals surface area contributed by atoms with E-state index in [0.717, 1.165) is 41.3 Å². The normalized spacial score (nSPS) is 14.6. The number of hydrogen-bond donors (Lipinski definition) is 0. The standard InChI is InChI=1S/C23H18O4/c1-13-12-18(24)27-22-16(13)10-11-17-20(22)19(14-6-3-2-4-7-14)23(26-17)21(25)15-8-5-9-15/h2-4,6-7,10-12,15H,5,8-9H2,1H3. The summed E-state index contributed by atoms with van der Waals surface area (Å²) in [7, 11) is 0. The lowest BCUT2D eigenvalue weighted by atomic mass is 9.80. The molecule has 4 aromatic rings. The Hall–Kier alpha value is -3.14. The topological polar surface area (TPSA) is 60.4 Å². The van der Waals surface area contributed by atoms with Crippen LogP contribution in [0.15, 0.2) is 62.2 Å². The summed E-state index contributed by atoms with van der Waals surface area (Å²) in [5, 5.41) is 1.55. The Morgan fingerprint density at radius 3 is 2.52 bits per heavy atom. The van der Waals surface area contributed by atoms with Crippen LogP contribution in [0.3, 0.4) is 0 Å². The molecule has 4 heteroatoms. The highest BCUT2D eigenvalue weighted by molar-refractivity contribution is 6.17. The number of Topliss-reactive ketones (excluding diaryl/α,β-unsaturated/α-hetero) is 1. The number of aryl methyl sites for hydroxylation is 1. The number of fused-ring (bicyclic) bond motifs is 3. The van der Waals surface area contributed by atoms with Crippen LogP contribution in [-0.4, -0.2) is 5.78 Å². The number of furan rings is 1. The zero-order chi connectivity index (χ0) is 18.5. The van der Waals surface area contributed by atoms with E-state index in [1.165, 1.54) is 6.07 Å². The number of carbonyl (C=O) groups excluding carboxylic acids is 1. The molecular formula is C23H18O4. The van der Waals surface area contributed by atoms with Crippen molar-refractivity contribution in [1.29, 1.82) is 0 Å². The van der Waals surface area contributed by atoms with Gasteiger partial charge in [0.15, 0.2) is 5.76 Å². The minimum atomic E-state index is -0.403. The SMILES string of the molecule is Cc1cc(=O)oc2c1ccc1oc(C(=O)C3CCC3)c(-c3ccccc3)c12. The highest BCUT2D eigenvalue weighted by Gasteiger charge is 2.32. The molecule has 2 heterocycles. The second-order valence-electron chi connectivity index (χ2n) is 7.23. The number of rotatable bonds is 3. The van der Waals surface area contributed by atoms with Gasteiger partial charge >= 0.3 is 5.63 Å². The molecular weight excluding hydrogens is 340 g/mol. The van der Waals surface area contributed by atoms with Gasteiger partial charge < -0.3 is 8.83 Å². The fraction of sp³-hybridized carbons (Fsp3) is 0.217. The van der Waals surface area contributed by atoms with Gasteiger partial charge in [-0.2, -0.15) is 0 Å². The Labute approximate surface area is 155 Å². The van der Waals surface area contributed by atoms with Crippen LogP contribution in [0.2, 0.25) is 0 Å². The second kappa shape index (κ2) is 5.95. The van der Waals surface area contributed by atoms with Gasteiger partial charge in [-0.3, -0.25) is 4.79 Å². The lowest BCUT2D eigenvalue weighted by Gasteiger charge is -2.23. The summed E-state index contributed by atoms with van der Waals surface area (Å²) in [6.45, 7) is 1.88. The van der Waals surface area contributed by atoms with Gasteiger partial charge in [0, 0.05) is 22.9 Å². The summed E-state index contributed by atoms with van der Waals surface area (Å²) in [6.07, 6.45) is 2.88. The summed E-state index contributed by atoms with van der Waals surface area (Å²) in [5.41, 5.74) is 3.10. The van der Waals surface area contributed by atoms with Gasteiger partial charge in [-0.15, -0.1) is 0 Å². The zero-order valence-corrected chi connectivity index (χ0v) is 15.0. The van der Waals surface area contributed by atoms with E-state index in [0.29, 0.717) is 22.3 Å². The van der Waals surface area contributed by atoms with Gasteiger partial charge in [0.2, 0.25) is 5.78 Å². The Kier molecular flexibility index (Phi) is 3.54. The maximum Gasteiger partial charge on any atom is 0.336 e. The van der Waals surface area contributed by atoms with Gasteiger partial charge in [0.1, 0.15) is 11.2 Å². The molecule has 0 aliphatic heterocycles. The van der Waals surface area contributed by atoms with Crippen molar-refractivity contribution in [2.75, 3.05) is 0 Å². The van der Waals surface area contributed by atoms with Crippen molar-refractivity contribution in [1.82, 2.24) is 0 Å². The third-order valence-corrected chi connectivity index (χ3v) is 5.53. The van der Waals surface area contributed by atoms with Crippen LogP contribution in [0, 0.1) is 12.8 Å². The first-order valence-corrected chi connectivity index (χ1v) is 9.23. The van der Waals surface area contributed by atoms with Crippen LogP contribution in [0.5, 0.6) is 0 Å². The predicted molar refractivity (Wildman–Crippen MR) is 104 cm³/mol. The molecule has 0 unspecified atom stereocenters. The first kappa shape index (κ1) is 16.1. The lowest BCUT2D eigenvalue weighted by molar-refractivity contribution is 0.0829. The largest absolute Gasteiger partial charge is 0.452 e. The number of hydrogen-bond acceptors (Lipinski definition) is 4. The smallest absolute Gasteiger partial charge is 0.336 e. The summed E-state index contributed by atoms with van der Waals surface area (Å²) in [6, 6.07) is 14.9. The summed E-state index contributed by atoms with van der Waals surface area (Å²) in [5.74, 6) is 0.435. The summed E-state index contributed by atoms with van der Waals surface area (Å²) in [4.78, 5) is 25.1. The summed E-state index contributed by atoms with van der Waals surface area (Å²) < 4.78 is 11.6. The molecule has 134 valence electrons. The predicted octanol–water partition coefficient (Wildman–Crippen LogP) is 5.50. The van der Waals surface area contributed by atoms with E-state index in [4.69, 9.17) is 8.83 Å². The average molecular weight is 358 g/mol. The van der Waals surface area contributed by atoms with Crippen molar-refractivity contribution in [3.63, 3.8) is 0 Å². The molecule has 2 aromatic carbocycles. The van der Waals surface area contributed by atoms with Crippen LogP contribution >= 0.6 is 0 Å². The highest BCUT2D eigenvalue weighted by Crippen LogP contribution is 2.42. The first-order valence-electron chi connectivity index (χ1n) is 9.23. The van der Waals surface area contributed by atoms with Crippen molar-refractivity contribution in [2.45, 2.75) is 26.2 Å². The Bertz CT molecular complexity index is 1240. The van der Waals surface area contributed by atoms with Crippen molar-refractivity contribution in [2.24, 2.45) is 5.92 Å². The van der Waals surface area contributed by atoms with E-state index in [1.807, 2.05) is 49.4 Å². The molecule has 27 heavy (non-hydrogen) atoms. The second-order valence-corrected chi connectivity index (χ2v) is 7.23. The molecule has 1 saturated carbocycles. The third-order valence-electron chi connectivity index (χ3n) is 5.53. The van der Waals surface area contributed by atoms with Crippen molar-refractivity contribution in [3.05, 3.63) is 70.3 Å². The number of carbonyl (C=O) groups is 1. The van der Waals surface area contributed by atoms with E-state index in [1.54, 1.807) is 0 Å². The maximum absolute atomic E-state index is 13.1. The molecule has 1 aliphatic carbocycles. The van der Waals surface area contributed by atoms with Gasteiger partial charge in [-0.1, -0.05) is 36.8 Å². The first-order chi connectivity index (χ1) is 13.1. The molecule has 2 aromatic heterocycles. The van der Waals surface area contributed by atoms with Gasteiger partial charge in [-0.25, -0.2) is 4.79 Å². The molecule has 0 amide bonds. The Morgan fingerprint density at radius 2 is 1.81 bits per heavy atom. The van der Waals surface area contributed by atoms with Crippen LogP contribution in [-0.2, 0) is 0 Å². The third kappa shape index (κ3) is 2.44. The zero-order valence-electron chi connectivity index (χ0n) is 15.0. The molecule has 0 N–H and O–H groups in total. The van der Waals surface area contributed by atoms with E-state index in [2.05, 4.69) is 0 Å². The molecule has 1 fully saturated rings. The average Bonchev–Trinajstić information content (AvgIpc) is 3.01. The minimum absolute atomic E-state index is 0.0213. The Balaban J connectivity index is 1.92. The molecule has 4 nitrogen and oxygen atoms in total. The van der Waals surface area contributed by atoms with Gasteiger partial charge in [0.25, 0.3) is 0 Å². The van der Waals surface area contributed by atoms with Crippen LogP contribution in [0.25, 0.3) is 33.1 Å². The molecule has 1 aliphatic rings. The molecule has 5 rings (SSSR count). The van der Waals surface area contributed by atoms with Crippen molar-refractivity contribution < 1.29 is 13.6 Å². The van der Waals surface area contributed by atoms with E-state index in [-0.39, 0.29) is 11.7 Å². The lowest BCUT2D eigenvalue weighted by Crippen LogP contribution is -2.22. The fourth-order valence-electron chi connectivity index (χ4n) is 3.87. The van der Waals surface area contributed by atoms with E-state index < -0.39 is 5.63 Å². The highest BCUT2D eigenvalue weighted by atomic mass is 16.4.